The van der Waals surface area contributed by atoms with Gasteiger partial charge in [0.2, 0.25) is 0 Å². The van der Waals surface area contributed by atoms with Crippen LogP contribution in [0, 0.1) is 0 Å². The van der Waals surface area contributed by atoms with Crippen molar-refractivity contribution in [2.45, 2.75) is 0 Å². The third-order valence-electron chi connectivity index (χ3n) is 3.07. The van der Waals surface area contributed by atoms with E-state index in [0.29, 0.717) is 5.02 Å². The first kappa shape index (κ1) is 13.5. The lowest BCUT2D eigenvalue weighted by atomic mass is 10.2. The number of aromatic nitrogens is 1. The van der Waals surface area contributed by atoms with Crippen LogP contribution < -0.4 is 5.32 Å². The number of ether oxygens (including phenoxy) is 1. The number of H-pyrrole nitrogens is 1. The normalized spacial score (nSPS) is 15.8. The summed E-state index contributed by atoms with van der Waals surface area (Å²) >= 11 is 5.86. The minimum Gasteiger partial charge on any atom is -0.494 e. The number of allylic oxidation sites excluding steroid dienone is 1. The summed E-state index contributed by atoms with van der Waals surface area (Å²) in [6.07, 6.45) is 5.58. The summed E-state index contributed by atoms with van der Waals surface area (Å²) in [5.41, 5.74) is 3.49. The molecule has 0 fully saturated rings. The molecule has 1 aliphatic heterocycles. The maximum atomic E-state index is 5.86. The molecule has 1 aromatic heterocycles. The molecule has 1 aromatic carbocycles. The van der Waals surface area contributed by atoms with Gasteiger partial charge in [0.05, 0.1) is 18.5 Å². The number of halogens is 1. The van der Waals surface area contributed by atoms with Gasteiger partial charge in [-0.3, -0.25) is 0 Å². The Kier molecular flexibility index (Phi) is 3.79. The van der Waals surface area contributed by atoms with Gasteiger partial charge >= 0.3 is 0 Å². The van der Waals surface area contributed by atoms with E-state index in [1.165, 1.54) is 0 Å². The molecule has 0 aliphatic carbocycles. The van der Waals surface area contributed by atoms with Gasteiger partial charge in [-0.1, -0.05) is 11.6 Å². The first-order valence-corrected chi connectivity index (χ1v) is 6.85. The molecule has 0 atom stereocenters. The van der Waals surface area contributed by atoms with Crippen molar-refractivity contribution in [2.24, 2.45) is 4.99 Å². The van der Waals surface area contributed by atoms with Gasteiger partial charge in [-0.15, -0.1) is 0 Å². The number of hydrogen-bond donors (Lipinski definition) is 2. The fraction of sp³-hybridized carbons (Fsp3) is 0.0625. The van der Waals surface area contributed by atoms with Crippen molar-refractivity contribution in [2.75, 3.05) is 12.4 Å². The smallest absolute Gasteiger partial charge is 0.148 e. The van der Waals surface area contributed by atoms with Crippen molar-refractivity contribution in [1.82, 2.24) is 4.98 Å². The molecule has 0 saturated heterocycles. The first-order chi connectivity index (χ1) is 10.3. The van der Waals surface area contributed by atoms with Gasteiger partial charge in [0, 0.05) is 29.2 Å². The molecular formula is C16H14ClN3O. The standard InChI is InChI=1S/C16H14ClN3O/c1-21-16-9-14(13-3-2-8-18-13)20-15(16)10-19-12-6-4-11(17)5-7-12/h2-10,18-19H,1H3. The van der Waals surface area contributed by atoms with Crippen LogP contribution in [0.4, 0.5) is 5.69 Å². The molecule has 0 radical (unpaired) electrons. The van der Waals surface area contributed by atoms with E-state index in [0.717, 1.165) is 28.5 Å². The highest BCUT2D eigenvalue weighted by Crippen LogP contribution is 2.22. The second-order valence-corrected chi connectivity index (χ2v) is 4.91. The van der Waals surface area contributed by atoms with E-state index >= 15 is 0 Å². The number of hydrogen-bond acceptors (Lipinski definition) is 3. The van der Waals surface area contributed by atoms with Crippen LogP contribution in [-0.4, -0.2) is 17.8 Å². The van der Waals surface area contributed by atoms with Crippen molar-refractivity contribution in [1.29, 1.82) is 0 Å². The van der Waals surface area contributed by atoms with E-state index in [9.17, 15) is 0 Å². The third kappa shape index (κ3) is 3.01. The number of nitrogens with zero attached hydrogens (tertiary/aromatic N) is 1. The summed E-state index contributed by atoms with van der Waals surface area (Å²) in [5.74, 6) is 0.723. The van der Waals surface area contributed by atoms with Gasteiger partial charge in [-0.05, 0) is 36.4 Å². The Morgan fingerprint density at radius 3 is 2.71 bits per heavy atom. The van der Waals surface area contributed by atoms with Crippen LogP contribution >= 0.6 is 11.6 Å². The van der Waals surface area contributed by atoms with Crippen molar-refractivity contribution >= 4 is 23.0 Å². The van der Waals surface area contributed by atoms with E-state index < -0.39 is 0 Å². The summed E-state index contributed by atoms with van der Waals surface area (Å²) in [7, 11) is 1.63. The van der Waals surface area contributed by atoms with Crippen molar-refractivity contribution in [3.8, 4) is 0 Å². The number of aromatic amines is 1. The van der Waals surface area contributed by atoms with Gasteiger partial charge in [-0.25, -0.2) is 4.99 Å². The molecule has 1 aliphatic rings. The minimum absolute atomic E-state index is 0.707. The molecule has 0 spiro atoms. The van der Waals surface area contributed by atoms with E-state index in [1.54, 1.807) is 7.11 Å². The lowest BCUT2D eigenvalue weighted by Gasteiger charge is -2.04. The molecule has 2 N–H and O–H groups in total. The van der Waals surface area contributed by atoms with Crippen molar-refractivity contribution < 1.29 is 4.74 Å². The Balaban J connectivity index is 1.82. The zero-order chi connectivity index (χ0) is 14.7. The Morgan fingerprint density at radius 1 is 1.24 bits per heavy atom. The zero-order valence-electron chi connectivity index (χ0n) is 11.4. The number of methoxy groups -OCH3 is 1. The molecule has 2 heterocycles. The van der Waals surface area contributed by atoms with Crippen LogP contribution in [0.2, 0.25) is 5.02 Å². The third-order valence-corrected chi connectivity index (χ3v) is 3.33. The molecule has 5 heteroatoms. The van der Waals surface area contributed by atoms with E-state index in [2.05, 4.69) is 15.3 Å². The van der Waals surface area contributed by atoms with Gasteiger partial charge in [0.25, 0.3) is 0 Å². The summed E-state index contributed by atoms with van der Waals surface area (Å²) in [6, 6.07) is 11.4. The second kappa shape index (κ2) is 5.89. The van der Waals surface area contributed by atoms with Crippen LogP contribution in [0.15, 0.2) is 71.3 Å². The lowest BCUT2D eigenvalue weighted by Crippen LogP contribution is -1.93. The van der Waals surface area contributed by atoms with Crippen LogP contribution in [0.25, 0.3) is 0 Å². The minimum atomic E-state index is 0.707. The highest BCUT2D eigenvalue weighted by atomic mass is 35.5. The number of anilines is 1. The predicted molar refractivity (Wildman–Crippen MR) is 85.6 cm³/mol. The summed E-state index contributed by atoms with van der Waals surface area (Å²) in [5, 5.41) is 3.89. The predicted octanol–water partition coefficient (Wildman–Crippen LogP) is 3.95. The van der Waals surface area contributed by atoms with Crippen molar-refractivity contribution in [3.05, 3.63) is 77.0 Å². The largest absolute Gasteiger partial charge is 0.494 e. The quantitative estimate of drug-likeness (QED) is 0.898. The first-order valence-electron chi connectivity index (χ1n) is 6.47. The highest BCUT2D eigenvalue weighted by molar-refractivity contribution is 6.30. The Labute approximate surface area is 127 Å². The molecular weight excluding hydrogens is 286 g/mol. The molecule has 0 unspecified atom stereocenters. The Bertz CT molecular complexity index is 712. The molecule has 2 aromatic rings. The Morgan fingerprint density at radius 2 is 2.05 bits per heavy atom. The van der Waals surface area contributed by atoms with E-state index in [1.807, 2.05) is 54.9 Å². The maximum Gasteiger partial charge on any atom is 0.148 e. The molecule has 0 bridgehead atoms. The maximum absolute atomic E-state index is 5.86. The second-order valence-electron chi connectivity index (χ2n) is 4.47. The van der Waals surface area contributed by atoms with Gasteiger partial charge < -0.3 is 15.0 Å². The summed E-state index contributed by atoms with van der Waals surface area (Å²) in [6.45, 7) is 0. The average Bonchev–Trinajstić information content (AvgIpc) is 3.15. The Hall–Kier alpha value is -2.46. The van der Waals surface area contributed by atoms with Crippen LogP contribution in [0.5, 0.6) is 0 Å². The number of aliphatic imine (C=N–C) groups is 1. The molecule has 21 heavy (non-hydrogen) atoms. The monoisotopic (exact) mass is 299 g/mol. The summed E-state index contributed by atoms with van der Waals surface area (Å²) < 4.78 is 5.36. The molecule has 0 saturated carbocycles. The van der Waals surface area contributed by atoms with Crippen LogP contribution in [0.1, 0.15) is 5.69 Å². The zero-order valence-corrected chi connectivity index (χ0v) is 12.2. The molecule has 3 rings (SSSR count). The van der Waals surface area contributed by atoms with Gasteiger partial charge in [-0.2, -0.15) is 0 Å². The number of nitrogens with one attached hydrogen (secondary N) is 2. The molecule has 0 amide bonds. The lowest BCUT2D eigenvalue weighted by molar-refractivity contribution is 0.302. The topological polar surface area (TPSA) is 49.4 Å². The van der Waals surface area contributed by atoms with Crippen LogP contribution in [-0.2, 0) is 4.74 Å². The number of rotatable bonds is 4. The van der Waals surface area contributed by atoms with Gasteiger partial charge in [0.1, 0.15) is 11.5 Å². The van der Waals surface area contributed by atoms with Gasteiger partial charge in [0.15, 0.2) is 0 Å². The van der Waals surface area contributed by atoms with Crippen LogP contribution in [0.3, 0.4) is 0 Å². The SMILES string of the molecule is COC1=CC(c2ccc[nH]2)=NC1=CNc1ccc(Cl)cc1. The fourth-order valence-electron chi connectivity index (χ4n) is 2.01. The summed E-state index contributed by atoms with van der Waals surface area (Å²) in [4.78, 5) is 7.69. The molecule has 106 valence electrons. The van der Waals surface area contributed by atoms with Crippen molar-refractivity contribution in [3.63, 3.8) is 0 Å². The average molecular weight is 300 g/mol. The van der Waals surface area contributed by atoms with E-state index in [4.69, 9.17) is 16.3 Å². The fourth-order valence-corrected chi connectivity index (χ4v) is 2.13. The highest BCUT2D eigenvalue weighted by Gasteiger charge is 2.16. The molecule has 4 nitrogen and oxygen atoms in total. The number of benzene rings is 1. The van der Waals surface area contributed by atoms with E-state index in [-0.39, 0.29) is 0 Å².